The Morgan fingerprint density at radius 3 is 2.57 bits per heavy atom. The number of likely N-dealkylation sites (tertiary alicyclic amines) is 1. The van der Waals surface area contributed by atoms with Crippen LogP contribution in [0, 0.1) is 0 Å². The minimum atomic E-state index is -1.63. The van der Waals surface area contributed by atoms with Crippen LogP contribution in [0.4, 0.5) is 4.79 Å². The Balaban J connectivity index is 1.67. The van der Waals surface area contributed by atoms with Crippen molar-refractivity contribution >= 4 is 23.0 Å². The first-order chi connectivity index (χ1) is 16.7. The molecule has 8 nitrogen and oxygen atoms in total. The summed E-state index contributed by atoms with van der Waals surface area (Å²) in [4.78, 5) is 37.9. The molecule has 35 heavy (non-hydrogen) atoms. The molecule has 2 atom stereocenters. The van der Waals surface area contributed by atoms with Gasteiger partial charge in [-0.1, -0.05) is 54.6 Å². The van der Waals surface area contributed by atoms with Gasteiger partial charge < -0.3 is 9.84 Å². The predicted octanol–water partition coefficient (Wildman–Crippen LogP) is 4.64. The highest BCUT2D eigenvalue weighted by molar-refractivity contribution is 5.93. The predicted molar refractivity (Wildman–Crippen MR) is 131 cm³/mol. The van der Waals surface area contributed by atoms with Crippen molar-refractivity contribution in [2.24, 2.45) is 0 Å². The Labute approximate surface area is 204 Å². The molecule has 2 aromatic carbocycles. The third-order valence-corrected chi connectivity index (χ3v) is 6.10. The number of hydrogen-bond donors (Lipinski definition) is 2. The number of carboxylic acids is 1. The molecule has 1 aliphatic heterocycles. The largest absolute Gasteiger partial charge is 0.479 e. The van der Waals surface area contributed by atoms with E-state index in [1.54, 1.807) is 45.2 Å². The normalized spacial score (nSPS) is 20.5. The number of ether oxygens (including phenoxy) is 1. The lowest BCUT2D eigenvalue weighted by atomic mass is 9.78. The van der Waals surface area contributed by atoms with Crippen molar-refractivity contribution in [3.05, 3.63) is 78.0 Å². The van der Waals surface area contributed by atoms with Crippen molar-refractivity contribution in [2.45, 2.75) is 57.4 Å². The SMILES string of the molecule is CC(C)(C)OC(=O)N1C[C@H](NOCc2ccccc2)CC[C@@]1(C(=O)O)c1cccc2cccnc12. The summed E-state index contributed by atoms with van der Waals surface area (Å²) in [5, 5.41) is 11.4. The summed E-state index contributed by atoms with van der Waals surface area (Å²) in [6.07, 6.45) is 1.58. The lowest BCUT2D eigenvalue weighted by Crippen LogP contribution is -2.62. The molecule has 1 saturated heterocycles. The molecule has 2 N–H and O–H groups in total. The van der Waals surface area contributed by atoms with Crippen molar-refractivity contribution in [1.29, 1.82) is 0 Å². The maximum Gasteiger partial charge on any atom is 0.411 e. The minimum Gasteiger partial charge on any atom is -0.479 e. The maximum absolute atomic E-state index is 13.4. The number of para-hydroxylation sites is 1. The van der Waals surface area contributed by atoms with Gasteiger partial charge in [0.05, 0.1) is 18.2 Å². The number of aliphatic carboxylic acids is 1. The molecule has 1 amide bonds. The Morgan fingerprint density at radius 1 is 1.11 bits per heavy atom. The van der Waals surface area contributed by atoms with E-state index in [1.807, 2.05) is 42.5 Å². The number of pyridine rings is 1. The van der Waals surface area contributed by atoms with E-state index in [0.29, 0.717) is 24.1 Å². The number of nitrogens with zero attached hydrogens (tertiary/aromatic N) is 2. The number of benzene rings is 2. The van der Waals surface area contributed by atoms with Gasteiger partial charge in [0.1, 0.15) is 5.60 Å². The van der Waals surface area contributed by atoms with Gasteiger partial charge in [-0.05, 0) is 45.2 Å². The number of carboxylic acid groups (broad SMARTS) is 1. The van der Waals surface area contributed by atoms with Crippen LogP contribution in [0.1, 0.15) is 44.7 Å². The van der Waals surface area contributed by atoms with E-state index in [9.17, 15) is 14.7 Å². The smallest absolute Gasteiger partial charge is 0.411 e. The molecule has 3 aromatic rings. The Bertz CT molecular complexity index is 1190. The number of carbonyl (C=O) groups excluding carboxylic acids is 1. The van der Waals surface area contributed by atoms with E-state index in [-0.39, 0.29) is 19.0 Å². The third-order valence-electron chi connectivity index (χ3n) is 6.10. The number of hydrogen-bond acceptors (Lipinski definition) is 6. The lowest BCUT2D eigenvalue weighted by molar-refractivity contribution is -0.156. The van der Waals surface area contributed by atoms with Crippen molar-refractivity contribution in [1.82, 2.24) is 15.4 Å². The zero-order valence-electron chi connectivity index (χ0n) is 20.2. The van der Waals surface area contributed by atoms with Crippen molar-refractivity contribution in [3.63, 3.8) is 0 Å². The fourth-order valence-corrected chi connectivity index (χ4v) is 4.50. The van der Waals surface area contributed by atoms with Crippen LogP contribution in [0.3, 0.4) is 0 Å². The molecule has 0 spiro atoms. The Kier molecular flexibility index (Phi) is 7.05. The van der Waals surface area contributed by atoms with E-state index < -0.39 is 23.2 Å². The molecule has 0 unspecified atom stereocenters. The number of carbonyl (C=O) groups is 2. The molecular formula is C27H31N3O5. The highest BCUT2D eigenvalue weighted by Gasteiger charge is 2.53. The van der Waals surface area contributed by atoms with Crippen molar-refractivity contribution in [3.8, 4) is 0 Å². The molecule has 0 aliphatic carbocycles. The number of piperidine rings is 1. The molecule has 2 heterocycles. The van der Waals surface area contributed by atoms with Crippen LogP contribution in [0.2, 0.25) is 0 Å². The highest BCUT2D eigenvalue weighted by Crippen LogP contribution is 2.41. The second-order valence-corrected chi connectivity index (χ2v) is 9.76. The van der Waals surface area contributed by atoms with Crippen LogP contribution in [-0.2, 0) is 26.5 Å². The van der Waals surface area contributed by atoms with Crippen LogP contribution in [-0.4, -0.2) is 45.2 Å². The van der Waals surface area contributed by atoms with Gasteiger partial charge in [-0.15, -0.1) is 0 Å². The molecule has 0 bridgehead atoms. The van der Waals surface area contributed by atoms with Crippen LogP contribution in [0.25, 0.3) is 10.9 Å². The van der Waals surface area contributed by atoms with Gasteiger partial charge in [-0.2, -0.15) is 5.48 Å². The lowest BCUT2D eigenvalue weighted by Gasteiger charge is -2.46. The van der Waals surface area contributed by atoms with Gasteiger partial charge in [0.25, 0.3) is 0 Å². The first-order valence-electron chi connectivity index (χ1n) is 11.7. The van der Waals surface area contributed by atoms with E-state index in [0.717, 1.165) is 10.9 Å². The second kappa shape index (κ2) is 10.0. The first kappa shape index (κ1) is 24.6. The Morgan fingerprint density at radius 2 is 1.86 bits per heavy atom. The fourth-order valence-electron chi connectivity index (χ4n) is 4.50. The fraction of sp³-hybridized carbons (Fsp3) is 0.370. The van der Waals surface area contributed by atoms with Crippen LogP contribution >= 0.6 is 0 Å². The van der Waals surface area contributed by atoms with Gasteiger partial charge in [-0.25, -0.2) is 9.59 Å². The van der Waals surface area contributed by atoms with E-state index in [1.165, 1.54) is 4.90 Å². The van der Waals surface area contributed by atoms with E-state index >= 15 is 0 Å². The number of aromatic nitrogens is 1. The second-order valence-electron chi connectivity index (χ2n) is 9.76. The topological polar surface area (TPSA) is 101 Å². The summed E-state index contributed by atoms with van der Waals surface area (Å²) >= 11 is 0. The number of nitrogens with one attached hydrogen (secondary N) is 1. The quantitative estimate of drug-likeness (QED) is 0.499. The van der Waals surface area contributed by atoms with Crippen LogP contribution in [0.5, 0.6) is 0 Å². The molecular weight excluding hydrogens is 446 g/mol. The zero-order valence-corrected chi connectivity index (χ0v) is 20.2. The summed E-state index contributed by atoms with van der Waals surface area (Å²) in [5.41, 5.74) is 2.63. The summed E-state index contributed by atoms with van der Waals surface area (Å²) in [6.45, 7) is 5.72. The Hall–Kier alpha value is -3.49. The van der Waals surface area contributed by atoms with Crippen LogP contribution in [0.15, 0.2) is 66.9 Å². The van der Waals surface area contributed by atoms with Crippen molar-refractivity contribution < 1.29 is 24.3 Å². The number of amides is 1. The van der Waals surface area contributed by atoms with Gasteiger partial charge >= 0.3 is 12.1 Å². The summed E-state index contributed by atoms with van der Waals surface area (Å²) in [5.74, 6) is -1.12. The minimum absolute atomic E-state index is 0.0965. The third kappa shape index (κ3) is 5.28. The number of rotatable bonds is 6. The highest BCUT2D eigenvalue weighted by atomic mass is 16.6. The van der Waals surface area contributed by atoms with Gasteiger partial charge in [0, 0.05) is 23.7 Å². The summed E-state index contributed by atoms with van der Waals surface area (Å²) in [7, 11) is 0. The standard InChI is InChI=1S/C27H31N3O5/c1-26(2,3)35-25(33)30-17-21(29-34-18-19-9-5-4-6-10-19)14-15-27(30,24(31)32)22-13-7-11-20-12-8-16-28-23(20)22/h4-13,16,21,29H,14-15,17-18H2,1-3H3,(H,31,32)/t21-,27+/m1/s1. The molecule has 184 valence electrons. The molecule has 1 fully saturated rings. The van der Waals surface area contributed by atoms with Crippen molar-refractivity contribution in [2.75, 3.05) is 6.54 Å². The van der Waals surface area contributed by atoms with Gasteiger partial charge in [-0.3, -0.25) is 14.7 Å². The summed E-state index contributed by atoms with van der Waals surface area (Å²) < 4.78 is 5.67. The maximum atomic E-state index is 13.4. The molecule has 8 heteroatoms. The molecule has 1 aliphatic rings. The molecule has 4 rings (SSSR count). The number of fused-ring (bicyclic) bond motifs is 1. The molecule has 0 saturated carbocycles. The number of hydroxylamine groups is 1. The zero-order chi connectivity index (χ0) is 25.1. The van der Waals surface area contributed by atoms with Crippen LogP contribution < -0.4 is 5.48 Å². The summed E-state index contributed by atoms with van der Waals surface area (Å²) in [6, 6.07) is 18.5. The first-order valence-corrected chi connectivity index (χ1v) is 11.7. The molecule has 0 radical (unpaired) electrons. The van der Waals surface area contributed by atoms with E-state index in [2.05, 4.69) is 10.5 Å². The van der Waals surface area contributed by atoms with Gasteiger partial charge in [0.2, 0.25) is 0 Å². The van der Waals surface area contributed by atoms with Gasteiger partial charge in [0.15, 0.2) is 5.54 Å². The average molecular weight is 478 g/mol. The monoisotopic (exact) mass is 477 g/mol. The average Bonchev–Trinajstić information content (AvgIpc) is 2.83. The molecule has 1 aromatic heterocycles. The van der Waals surface area contributed by atoms with E-state index in [4.69, 9.17) is 9.57 Å².